The van der Waals surface area contributed by atoms with Gasteiger partial charge >= 0.3 is 5.97 Å². The molecule has 0 heterocycles. The maximum atomic E-state index is 11.8. The van der Waals surface area contributed by atoms with Gasteiger partial charge in [-0.3, -0.25) is 9.59 Å². The SMILES string of the molecule is C[C@@H]1CC(=O)[C@H](CC(=O)O)[C@@H]1COCc1ccccc1. The summed E-state index contributed by atoms with van der Waals surface area (Å²) in [5, 5.41) is 8.91. The van der Waals surface area contributed by atoms with Gasteiger partial charge in [0.05, 0.1) is 19.6 Å². The number of carbonyl (C=O) groups is 2. The van der Waals surface area contributed by atoms with E-state index in [-0.39, 0.29) is 24.0 Å². The van der Waals surface area contributed by atoms with Gasteiger partial charge < -0.3 is 9.84 Å². The second-order valence-electron chi connectivity index (χ2n) is 5.52. The van der Waals surface area contributed by atoms with Gasteiger partial charge in [0.2, 0.25) is 0 Å². The first-order valence-corrected chi connectivity index (χ1v) is 6.94. The Labute approximate surface area is 118 Å². The molecule has 1 aliphatic carbocycles. The Morgan fingerprint density at radius 3 is 2.70 bits per heavy atom. The number of rotatable bonds is 6. The minimum atomic E-state index is -0.912. The van der Waals surface area contributed by atoms with Crippen molar-refractivity contribution in [3.8, 4) is 0 Å². The molecular weight excluding hydrogens is 256 g/mol. The topological polar surface area (TPSA) is 63.6 Å². The van der Waals surface area contributed by atoms with Crippen LogP contribution in [0.4, 0.5) is 0 Å². The summed E-state index contributed by atoms with van der Waals surface area (Å²) >= 11 is 0. The Bertz CT molecular complexity index is 469. The molecule has 0 aromatic heterocycles. The third-order valence-corrected chi connectivity index (χ3v) is 4.00. The van der Waals surface area contributed by atoms with E-state index in [1.807, 2.05) is 37.3 Å². The van der Waals surface area contributed by atoms with Crippen LogP contribution in [0.15, 0.2) is 30.3 Å². The predicted molar refractivity (Wildman–Crippen MR) is 74.1 cm³/mol. The van der Waals surface area contributed by atoms with Gasteiger partial charge in [0.15, 0.2) is 0 Å². The second-order valence-corrected chi connectivity index (χ2v) is 5.52. The largest absolute Gasteiger partial charge is 0.481 e. The smallest absolute Gasteiger partial charge is 0.304 e. The van der Waals surface area contributed by atoms with E-state index in [1.165, 1.54) is 0 Å². The molecule has 20 heavy (non-hydrogen) atoms. The summed E-state index contributed by atoms with van der Waals surface area (Å²) in [6.07, 6.45) is 0.389. The molecule has 0 saturated heterocycles. The van der Waals surface area contributed by atoms with Crippen molar-refractivity contribution in [1.82, 2.24) is 0 Å². The maximum Gasteiger partial charge on any atom is 0.304 e. The molecule has 1 aromatic rings. The van der Waals surface area contributed by atoms with Crippen LogP contribution in [0.1, 0.15) is 25.3 Å². The molecule has 1 aromatic carbocycles. The molecule has 1 aliphatic rings. The van der Waals surface area contributed by atoms with Crippen molar-refractivity contribution in [1.29, 1.82) is 0 Å². The van der Waals surface area contributed by atoms with Crippen LogP contribution >= 0.6 is 0 Å². The number of aliphatic carboxylic acids is 1. The molecule has 1 fully saturated rings. The molecular formula is C16H20O4. The highest BCUT2D eigenvalue weighted by Gasteiger charge is 2.41. The fraction of sp³-hybridized carbons (Fsp3) is 0.500. The summed E-state index contributed by atoms with van der Waals surface area (Å²) in [7, 11) is 0. The molecule has 1 N–H and O–H groups in total. The Morgan fingerprint density at radius 1 is 1.35 bits per heavy atom. The van der Waals surface area contributed by atoms with Gasteiger partial charge in [-0.2, -0.15) is 0 Å². The molecule has 4 nitrogen and oxygen atoms in total. The summed E-state index contributed by atoms with van der Waals surface area (Å²) in [5.41, 5.74) is 1.08. The summed E-state index contributed by atoms with van der Waals surface area (Å²) in [5.74, 6) is -1.03. The average molecular weight is 276 g/mol. The number of carboxylic acid groups (broad SMARTS) is 1. The van der Waals surface area contributed by atoms with Crippen LogP contribution in [0.3, 0.4) is 0 Å². The molecule has 0 bridgehead atoms. The lowest BCUT2D eigenvalue weighted by Gasteiger charge is -2.20. The molecule has 0 aliphatic heterocycles. The standard InChI is InChI=1S/C16H20O4/c1-11-7-15(17)13(8-16(18)19)14(11)10-20-9-12-5-3-2-4-6-12/h2-6,11,13-14H,7-10H2,1H3,(H,18,19)/t11-,13-,14-/m1/s1. The fourth-order valence-electron chi connectivity index (χ4n) is 2.88. The van der Waals surface area contributed by atoms with Crippen LogP contribution < -0.4 is 0 Å². The van der Waals surface area contributed by atoms with Gasteiger partial charge in [-0.05, 0) is 17.4 Å². The molecule has 0 amide bonds. The molecule has 1 saturated carbocycles. The van der Waals surface area contributed by atoms with E-state index in [4.69, 9.17) is 9.84 Å². The molecule has 3 atom stereocenters. The van der Waals surface area contributed by atoms with Crippen LogP contribution in [0, 0.1) is 17.8 Å². The van der Waals surface area contributed by atoms with Gasteiger partial charge in [0.25, 0.3) is 0 Å². The first-order chi connectivity index (χ1) is 9.58. The van der Waals surface area contributed by atoms with Crippen molar-refractivity contribution in [3.05, 3.63) is 35.9 Å². The van der Waals surface area contributed by atoms with E-state index < -0.39 is 11.9 Å². The Hall–Kier alpha value is -1.68. The van der Waals surface area contributed by atoms with E-state index in [9.17, 15) is 9.59 Å². The highest BCUT2D eigenvalue weighted by Crippen LogP contribution is 2.36. The van der Waals surface area contributed by atoms with Crippen molar-refractivity contribution < 1.29 is 19.4 Å². The normalized spacial score (nSPS) is 25.9. The molecule has 0 unspecified atom stereocenters. The second kappa shape index (κ2) is 6.66. The van der Waals surface area contributed by atoms with Gasteiger partial charge in [0.1, 0.15) is 5.78 Å². The predicted octanol–water partition coefficient (Wildman–Crippen LogP) is 2.52. The minimum Gasteiger partial charge on any atom is -0.481 e. The summed E-state index contributed by atoms with van der Waals surface area (Å²) in [6, 6.07) is 9.82. The zero-order valence-corrected chi connectivity index (χ0v) is 11.6. The number of benzene rings is 1. The minimum absolute atomic E-state index is 0.0160. The van der Waals surface area contributed by atoms with Crippen molar-refractivity contribution in [3.63, 3.8) is 0 Å². The number of hydrogen-bond donors (Lipinski definition) is 1. The first kappa shape index (κ1) is 14.7. The summed E-state index contributed by atoms with van der Waals surface area (Å²) in [4.78, 5) is 22.7. The van der Waals surface area contributed by atoms with Gasteiger partial charge in [-0.15, -0.1) is 0 Å². The molecule has 0 spiro atoms. The molecule has 108 valence electrons. The highest BCUT2D eigenvalue weighted by molar-refractivity contribution is 5.87. The van der Waals surface area contributed by atoms with Gasteiger partial charge in [-0.1, -0.05) is 37.3 Å². The Morgan fingerprint density at radius 2 is 2.05 bits per heavy atom. The number of carbonyl (C=O) groups excluding carboxylic acids is 1. The zero-order chi connectivity index (χ0) is 14.5. The van der Waals surface area contributed by atoms with Crippen LogP contribution in [0.25, 0.3) is 0 Å². The third kappa shape index (κ3) is 3.67. The highest BCUT2D eigenvalue weighted by atomic mass is 16.5. The van der Waals surface area contributed by atoms with Crippen molar-refractivity contribution in [2.75, 3.05) is 6.61 Å². The van der Waals surface area contributed by atoms with Crippen LogP contribution in [-0.4, -0.2) is 23.5 Å². The molecule has 4 heteroatoms. The molecule has 0 radical (unpaired) electrons. The van der Waals surface area contributed by atoms with E-state index in [1.54, 1.807) is 0 Å². The quantitative estimate of drug-likeness (QED) is 0.867. The van der Waals surface area contributed by atoms with Crippen LogP contribution in [0.5, 0.6) is 0 Å². The van der Waals surface area contributed by atoms with E-state index in [0.29, 0.717) is 19.6 Å². The van der Waals surface area contributed by atoms with Crippen LogP contribution in [-0.2, 0) is 20.9 Å². The van der Waals surface area contributed by atoms with Crippen molar-refractivity contribution >= 4 is 11.8 Å². The molecule has 2 rings (SSSR count). The third-order valence-electron chi connectivity index (χ3n) is 4.00. The van der Waals surface area contributed by atoms with Crippen LogP contribution in [0.2, 0.25) is 0 Å². The summed E-state index contributed by atoms with van der Waals surface area (Å²) < 4.78 is 5.69. The average Bonchev–Trinajstić information content (AvgIpc) is 2.66. The van der Waals surface area contributed by atoms with E-state index >= 15 is 0 Å². The number of hydrogen-bond acceptors (Lipinski definition) is 3. The fourth-order valence-corrected chi connectivity index (χ4v) is 2.88. The lowest BCUT2D eigenvalue weighted by atomic mass is 9.89. The lowest BCUT2D eigenvalue weighted by Crippen LogP contribution is -2.24. The monoisotopic (exact) mass is 276 g/mol. The number of ether oxygens (including phenoxy) is 1. The van der Waals surface area contributed by atoms with Gasteiger partial charge in [-0.25, -0.2) is 0 Å². The van der Waals surface area contributed by atoms with E-state index in [2.05, 4.69) is 0 Å². The maximum absolute atomic E-state index is 11.8. The number of Topliss-reactive ketones (excluding diaryl/α,β-unsaturated/α-hetero) is 1. The number of carboxylic acids is 1. The van der Waals surface area contributed by atoms with Crippen molar-refractivity contribution in [2.24, 2.45) is 17.8 Å². The lowest BCUT2D eigenvalue weighted by molar-refractivity contribution is -0.141. The Kier molecular flexibility index (Phi) is 4.90. The van der Waals surface area contributed by atoms with Crippen molar-refractivity contribution in [2.45, 2.75) is 26.4 Å². The Balaban J connectivity index is 1.89. The first-order valence-electron chi connectivity index (χ1n) is 6.94. The number of ketones is 1. The van der Waals surface area contributed by atoms with E-state index in [0.717, 1.165) is 5.56 Å². The summed E-state index contributed by atoms with van der Waals surface area (Å²) in [6.45, 7) is 2.94. The zero-order valence-electron chi connectivity index (χ0n) is 11.6. The van der Waals surface area contributed by atoms with Gasteiger partial charge in [0, 0.05) is 12.3 Å².